The average Bonchev–Trinajstić information content (AvgIpc) is 3.05. The van der Waals surface area contributed by atoms with Crippen molar-refractivity contribution in [1.82, 2.24) is 19.6 Å². The Kier molecular flexibility index (Phi) is 2.76. The van der Waals surface area contributed by atoms with Gasteiger partial charge in [0.15, 0.2) is 10.8 Å². The summed E-state index contributed by atoms with van der Waals surface area (Å²) in [6, 6.07) is 9.66. The fraction of sp³-hybridized carbons (Fsp3) is 0. The smallest absolute Gasteiger partial charge is 0.180 e. The van der Waals surface area contributed by atoms with Gasteiger partial charge in [-0.3, -0.25) is 0 Å². The Morgan fingerprint density at radius 3 is 2.95 bits per heavy atom. The highest BCUT2D eigenvalue weighted by atomic mass is 79.9. The molecule has 4 nitrogen and oxygen atoms in total. The minimum absolute atomic E-state index is 0.430. The highest BCUT2D eigenvalue weighted by Gasteiger charge is 2.13. The zero-order valence-electron chi connectivity index (χ0n) is 9.92. The van der Waals surface area contributed by atoms with E-state index in [1.165, 1.54) is 0 Å². The zero-order chi connectivity index (χ0) is 13.7. The molecule has 0 saturated heterocycles. The van der Waals surface area contributed by atoms with Crippen molar-refractivity contribution >= 4 is 55.5 Å². The van der Waals surface area contributed by atoms with Crippen LogP contribution < -0.4 is 0 Å². The summed E-state index contributed by atoms with van der Waals surface area (Å²) in [5, 5.41) is 5.04. The van der Waals surface area contributed by atoms with Crippen molar-refractivity contribution in [3.8, 4) is 10.6 Å². The number of pyridine rings is 1. The summed E-state index contributed by atoms with van der Waals surface area (Å²) in [6.07, 6.45) is 1.72. The number of hydrogen-bond acceptors (Lipinski definition) is 4. The van der Waals surface area contributed by atoms with Crippen LogP contribution in [-0.4, -0.2) is 19.6 Å². The lowest BCUT2D eigenvalue weighted by Gasteiger charge is -2.00. The number of thiophene rings is 1. The largest absolute Gasteiger partial charge is 0.235 e. The van der Waals surface area contributed by atoms with Crippen LogP contribution in [-0.2, 0) is 0 Å². The molecular weight excluding hydrogens is 360 g/mol. The first-order valence-electron chi connectivity index (χ1n) is 5.78. The summed E-state index contributed by atoms with van der Waals surface area (Å²) in [5.41, 5.74) is 3.06. The van der Waals surface area contributed by atoms with Gasteiger partial charge in [0.05, 0.1) is 8.66 Å². The molecule has 0 N–H and O–H groups in total. The molecule has 98 valence electrons. The van der Waals surface area contributed by atoms with Crippen LogP contribution in [0.5, 0.6) is 0 Å². The first kappa shape index (κ1) is 12.3. The minimum Gasteiger partial charge on any atom is -0.235 e. The van der Waals surface area contributed by atoms with Gasteiger partial charge in [0, 0.05) is 6.20 Å². The van der Waals surface area contributed by atoms with E-state index in [4.69, 9.17) is 11.6 Å². The molecule has 0 aliphatic heterocycles. The molecule has 0 fully saturated rings. The molecule has 4 rings (SSSR count). The number of nitrogens with zero attached hydrogens (tertiary/aromatic N) is 4. The van der Waals surface area contributed by atoms with Gasteiger partial charge in [-0.05, 0) is 46.3 Å². The van der Waals surface area contributed by atoms with Gasteiger partial charge < -0.3 is 0 Å². The molecule has 0 aliphatic carbocycles. The van der Waals surface area contributed by atoms with Crippen LogP contribution in [0, 0.1) is 0 Å². The van der Waals surface area contributed by atoms with Crippen molar-refractivity contribution in [2.75, 3.05) is 0 Å². The Labute approximate surface area is 131 Å². The molecule has 0 bridgehead atoms. The lowest BCUT2D eigenvalue weighted by atomic mass is 10.3. The van der Waals surface area contributed by atoms with Crippen LogP contribution in [0.3, 0.4) is 0 Å². The molecule has 0 spiro atoms. The maximum atomic E-state index is 6.24. The molecule has 0 radical (unpaired) electrons. The van der Waals surface area contributed by atoms with E-state index in [9.17, 15) is 0 Å². The Morgan fingerprint density at radius 1 is 1.25 bits per heavy atom. The van der Waals surface area contributed by atoms with E-state index < -0.39 is 0 Å². The molecule has 0 atom stereocenters. The van der Waals surface area contributed by atoms with Gasteiger partial charge in [-0.1, -0.05) is 11.6 Å². The Bertz CT molecular complexity index is 946. The van der Waals surface area contributed by atoms with E-state index in [2.05, 4.69) is 31.0 Å². The highest BCUT2D eigenvalue weighted by molar-refractivity contribution is 9.11. The van der Waals surface area contributed by atoms with Gasteiger partial charge >= 0.3 is 0 Å². The summed E-state index contributed by atoms with van der Waals surface area (Å²) in [5.74, 6) is 0. The van der Waals surface area contributed by atoms with Crippen molar-refractivity contribution < 1.29 is 0 Å². The van der Waals surface area contributed by atoms with Gasteiger partial charge in [0.2, 0.25) is 0 Å². The highest BCUT2D eigenvalue weighted by Crippen LogP contribution is 2.32. The quantitative estimate of drug-likeness (QED) is 0.501. The predicted octanol–water partition coefficient (Wildman–Crippen LogP) is 4.42. The maximum Gasteiger partial charge on any atom is 0.180 e. The average molecular weight is 366 g/mol. The predicted molar refractivity (Wildman–Crippen MR) is 84.3 cm³/mol. The molecule has 0 unspecified atom stereocenters. The van der Waals surface area contributed by atoms with Crippen molar-refractivity contribution in [2.24, 2.45) is 0 Å². The maximum absolute atomic E-state index is 6.24. The second-order valence-corrected chi connectivity index (χ2v) is 7.00. The van der Waals surface area contributed by atoms with Crippen molar-refractivity contribution in [2.45, 2.75) is 0 Å². The van der Waals surface area contributed by atoms with E-state index in [0.29, 0.717) is 10.8 Å². The Morgan fingerprint density at radius 2 is 2.15 bits per heavy atom. The van der Waals surface area contributed by atoms with Crippen LogP contribution in [0.2, 0.25) is 5.15 Å². The topological polar surface area (TPSA) is 43.1 Å². The summed E-state index contributed by atoms with van der Waals surface area (Å²) in [6.45, 7) is 0. The molecular formula is C13H6BrClN4S. The third-order valence-corrected chi connectivity index (χ3v) is 4.86. The van der Waals surface area contributed by atoms with Crippen LogP contribution in [0.25, 0.3) is 27.3 Å². The summed E-state index contributed by atoms with van der Waals surface area (Å²) in [7, 11) is 0. The van der Waals surface area contributed by atoms with Crippen LogP contribution in [0.1, 0.15) is 0 Å². The lowest BCUT2D eigenvalue weighted by Crippen LogP contribution is -1.96. The number of fused-ring (bicyclic) bond motifs is 3. The SMILES string of the molecule is Clc1nc2cccnc2n2nc(-c3ccc(Br)s3)cc12. The first-order valence-corrected chi connectivity index (χ1v) is 7.77. The summed E-state index contributed by atoms with van der Waals surface area (Å²) < 4.78 is 2.81. The fourth-order valence-corrected chi connectivity index (χ4v) is 3.63. The molecule has 0 aliphatic rings. The standard InChI is InChI=1S/C13H6BrClN4S/c14-11-4-3-10(20-11)8-6-9-12(15)17-7-2-1-5-16-13(7)19(9)18-8/h1-6H. The van der Waals surface area contributed by atoms with E-state index in [1.54, 1.807) is 22.0 Å². The van der Waals surface area contributed by atoms with E-state index >= 15 is 0 Å². The van der Waals surface area contributed by atoms with E-state index in [-0.39, 0.29) is 0 Å². The zero-order valence-corrected chi connectivity index (χ0v) is 13.1. The molecule has 20 heavy (non-hydrogen) atoms. The first-order chi connectivity index (χ1) is 9.72. The molecule has 0 aromatic carbocycles. The second-order valence-electron chi connectivity index (χ2n) is 4.18. The van der Waals surface area contributed by atoms with Gasteiger partial charge in [-0.2, -0.15) is 5.10 Å². The molecule has 0 saturated carbocycles. The van der Waals surface area contributed by atoms with E-state index in [0.717, 1.165) is 25.4 Å². The normalized spacial score (nSPS) is 11.5. The van der Waals surface area contributed by atoms with Gasteiger partial charge in [-0.15, -0.1) is 11.3 Å². The molecule has 7 heteroatoms. The van der Waals surface area contributed by atoms with Gasteiger partial charge in [-0.25, -0.2) is 14.5 Å². The van der Waals surface area contributed by atoms with E-state index in [1.807, 2.05) is 30.3 Å². The minimum atomic E-state index is 0.430. The van der Waals surface area contributed by atoms with Crippen molar-refractivity contribution in [3.05, 3.63) is 45.5 Å². The second kappa shape index (κ2) is 4.51. The molecule has 4 heterocycles. The Hall–Kier alpha value is -1.50. The van der Waals surface area contributed by atoms with Crippen molar-refractivity contribution in [1.29, 1.82) is 0 Å². The number of aromatic nitrogens is 4. The third-order valence-electron chi connectivity index (χ3n) is 2.93. The lowest BCUT2D eigenvalue weighted by molar-refractivity contribution is 0.979. The fourth-order valence-electron chi connectivity index (χ4n) is 2.06. The van der Waals surface area contributed by atoms with Crippen LogP contribution >= 0.6 is 38.9 Å². The summed E-state index contributed by atoms with van der Waals surface area (Å²) in [4.78, 5) is 9.76. The molecule has 4 aromatic rings. The summed E-state index contributed by atoms with van der Waals surface area (Å²) >= 11 is 11.3. The van der Waals surface area contributed by atoms with Gasteiger partial charge in [0.1, 0.15) is 16.7 Å². The Balaban J connectivity index is 2.07. The monoisotopic (exact) mass is 364 g/mol. The molecule has 0 amide bonds. The van der Waals surface area contributed by atoms with Gasteiger partial charge in [0.25, 0.3) is 0 Å². The number of hydrogen-bond donors (Lipinski definition) is 0. The van der Waals surface area contributed by atoms with Crippen molar-refractivity contribution in [3.63, 3.8) is 0 Å². The third kappa shape index (κ3) is 1.83. The number of rotatable bonds is 1. The molecule has 4 aromatic heterocycles. The number of halogens is 2. The van der Waals surface area contributed by atoms with Crippen LogP contribution in [0.15, 0.2) is 40.3 Å². The van der Waals surface area contributed by atoms with Crippen LogP contribution in [0.4, 0.5) is 0 Å².